The lowest BCUT2D eigenvalue weighted by Gasteiger charge is -2.15. The SMILES string of the molecule is Cc1cc2c(O)c3c(c(-c4ccc(F)cc4)c2cc1C)C(=O)OC3. The van der Waals surface area contributed by atoms with E-state index >= 15 is 0 Å². The third kappa shape index (κ3) is 1.99. The van der Waals surface area contributed by atoms with Gasteiger partial charge in [-0.15, -0.1) is 0 Å². The number of halogens is 1. The van der Waals surface area contributed by atoms with E-state index in [-0.39, 0.29) is 18.2 Å². The van der Waals surface area contributed by atoms with Crippen LogP contribution in [0.2, 0.25) is 0 Å². The number of benzene rings is 3. The number of aryl methyl sites for hydroxylation is 2. The van der Waals surface area contributed by atoms with Crippen molar-refractivity contribution < 1.29 is 19.0 Å². The van der Waals surface area contributed by atoms with Crippen LogP contribution in [0.15, 0.2) is 36.4 Å². The number of rotatable bonds is 1. The summed E-state index contributed by atoms with van der Waals surface area (Å²) >= 11 is 0. The molecule has 0 bridgehead atoms. The summed E-state index contributed by atoms with van der Waals surface area (Å²) in [6.07, 6.45) is 0. The summed E-state index contributed by atoms with van der Waals surface area (Å²) in [6, 6.07) is 9.87. The van der Waals surface area contributed by atoms with Crippen molar-refractivity contribution in [2.45, 2.75) is 20.5 Å². The Morgan fingerprint density at radius 2 is 1.62 bits per heavy atom. The van der Waals surface area contributed by atoms with Crippen molar-refractivity contribution in [3.05, 3.63) is 64.5 Å². The molecule has 0 atom stereocenters. The second-order valence-electron chi connectivity index (χ2n) is 6.14. The van der Waals surface area contributed by atoms with Crippen LogP contribution in [0.3, 0.4) is 0 Å². The van der Waals surface area contributed by atoms with Crippen LogP contribution in [0.4, 0.5) is 4.39 Å². The van der Waals surface area contributed by atoms with Gasteiger partial charge in [-0.3, -0.25) is 0 Å². The summed E-state index contributed by atoms with van der Waals surface area (Å²) in [5, 5.41) is 12.1. The van der Waals surface area contributed by atoms with E-state index in [1.807, 2.05) is 26.0 Å². The molecule has 1 heterocycles. The molecule has 0 unspecified atom stereocenters. The maximum absolute atomic E-state index is 13.3. The minimum atomic E-state index is -0.459. The second-order valence-corrected chi connectivity index (χ2v) is 6.14. The number of hydrogen-bond acceptors (Lipinski definition) is 3. The van der Waals surface area contributed by atoms with Crippen molar-refractivity contribution in [2.75, 3.05) is 0 Å². The smallest absolute Gasteiger partial charge is 0.339 e. The Hall–Kier alpha value is -2.88. The summed E-state index contributed by atoms with van der Waals surface area (Å²) in [6.45, 7) is 4.00. The molecule has 24 heavy (non-hydrogen) atoms. The van der Waals surface area contributed by atoms with Crippen LogP contribution in [-0.4, -0.2) is 11.1 Å². The van der Waals surface area contributed by atoms with Gasteiger partial charge in [-0.1, -0.05) is 18.2 Å². The molecule has 0 saturated heterocycles. The minimum Gasteiger partial charge on any atom is -0.507 e. The number of carbonyl (C=O) groups is 1. The zero-order valence-electron chi connectivity index (χ0n) is 13.3. The van der Waals surface area contributed by atoms with E-state index in [0.717, 1.165) is 22.1 Å². The molecular weight excluding hydrogens is 307 g/mol. The number of carbonyl (C=O) groups excluding carboxylic acids is 1. The van der Waals surface area contributed by atoms with Gasteiger partial charge in [-0.05, 0) is 54.1 Å². The Balaban J connectivity index is 2.19. The van der Waals surface area contributed by atoms with E-state index in [1.54, 1.807) is 12.1 Å². The number of phenols is 1. The third-order valence-electron chi connectivity index (χ3n) is 4.68. The fraction of sp³-hybridized carbons (Fsp3) is 0.150. The number of cyclic esters (lactones) is 1. The van der Waals surface area contributed by atoms with E-state index in [4.69, 9.17) is 4.74 Å². The van der Waals surface area contributed by atoms with Gasteiger partial charge in [0.15, 0.2) is 0 Å². The van der Waals surface area contributed by atoms with Crippen molar-refractivity contribution >= 4 is 16.7 Å². The maximum Gasteiger partial charge on any atom is 0.339 e. The largest absolute Gasteiger partial charge is 0.507 e. The first-order chi connectivity index (χ1) is 11.5. The third-order valence-corrected chi connectivity index (χ3v) is 4.68. The predicted octanol–water partition coefficient (Wildman–Crippen LogP) is 4.64. The molecule has 0 saturated carbocycles. The first-order valence-corrected chi connectivity index (χ1v) is 7.69. The number of fused-ring (bicyclic) bond motifs is 2. The Morgan fingerprint density at radius 1 is 1.00 bits per heavy atom. The Labute approximate surface area is 138 Å². The van der Waals surface area contributed by atoms with Gasteiger partial charge in [0.25, 0.3) is 0 Å². The maximum atomic E-state index is 13.3. The van der Waals surface area contributed by atoms with Gasteiger partial charge in [0.2, 0.25) is 0 Å². The fourth-order valence-corrected chi connectivity index (χ4v) is 3.28. The standard InChI is InChI=1S/C20H15FO3/c1-10-7-14-15(8-11(10)2)19(22)16-9-24-20(23)18(16)17(14)12-3-5-13(21)6-4-12/h3-8,22H,9H2,1-2H3. The molecule has 120 valence electrons. The number of hydrogen-bond donors (Lipinski definition) is 1. The van der Waals surface area contributed by atoms with Crippen LogP contribution in [-0.2, 0) is 11.3 Å². The first-order valence-electron chi connectivity index (χ1n) is 7.69. The molecule has 0 amide bonds. The predicted molar refractivity (Wildman–Crippen MR) is 89.6 cm³/mol. The van der Waals surface area contributed by atoms with E-state index in [2.05, 4.69) is 0 Å². The average Bonchev–Trinajstić information content (AvgIpc) is 2.94. The van der Waals surface area contributed by atoms with Gasteiger partial charge in [0, 0.05) is 16.5 Å². The van der Waals surface area contributed by atoms with E-state index in [0.29, 0.717) is 22.1 Å². The van der Waals surface area contributed by atoms with E-state index in [9.17, 15) is 14.3 Å². The molecule has 4 heteroatoms. The Kier molecular flexibility index (Phi) is 3.10. The highest BCUT2D eigenvalue weighted by atomic mass is 19.1. The summed E-state index contributed by atoms with van der Waals surface area (Å²) in [5.74, 6) is -0.715. The van der Waals surface area contributed by atoms with Crippen molar-refractivity contribution in [1.29, 1.82) is 0 Å². The van der Waals surface area contributed by atoms with Crippen molar-refractivity contribution in [2.24, 2.45) is 0 Å². The van der Waals surface area contributed by atoms with Gasteiger partial charge in [0.05, 0.1) is 5.56 Å². The fourth-order valence-electron chi connectivity index (χ4n) is 3.28. The second kappa shape index (κ2) is 5.06. The molecule has 1 aliphatic rings. The van der Waals surface area contributed by atoms with E-state index in [1.165, 1.54) is 12.1 Å². The molecule has 0 fully saturated rings. The van der Waals surface area contributed by atoms with Crippen LogP contribution < -0.4 is 0 Å². The van der Waals surface area contributed by atoms with Crippen LogP contribution in [0, 0.1) is 19.7 Å². The summed E-state index contributed by atoms with van der Waals surface area (Å²) < 4.78 is 18.5. The number of phenolic OH excluding ortho intramolecular Hbond substituents is 1. The molecule has 1 aliphatic heterocycles. The Bertz CT molecular complexity index is 1000. The molecule has 0 aliphatic carbocycles. The minimum absolute atomic E-state index is 0.0526. The Morgan fingerprint density at radius 3 is 2.29 bits per heavy atom. The van der Waals surface area contributed by atoms with Gasteiger partial charge in [-0.25, -0.2) is 9.18 Å². The quantitative estimate of drug-likeness (QED) is 0.664. The summed E-state index contributed by atoms with van der Waals surface area (Å²) in [4.78, 5) is 12.3. The van der Waals surface area contributed by atoms with Crippen LogP contribution in [0.5, 0.6) is 5.75 Å². The lowest BCUT2D eigenvalue weighted by atomic mass is 9.88. The van der Waals surface area contributed by atoms with Gasteiger partial charge in [0.1, 0.15) is 18.2 Å². The van der Waals surface area contributed by atoms with Gasteiger partial charge in [-0.2, -0.15) is 0 Å². The molecule has 3 nitrogen and oxygen atoms in total. The number of ether oxygens (including phenoxy) is 1. The van der Waals surface area contributed by atoms with Crippen molar-refractivity contribution in [3.63, 3.8) is 0 Å². The highest BCUT2D eigenvalue weighted by Crippen LogP contribution is 2.44. The van der Waals surface area contributed by atoms with Crippen molar-refractivity contribution in [3.8, 4) is 16.9 Å². The molecule has 4 rings (SSSR count). The van der Waals surface area contributed by atoms with Gasteiger partial charge >= 0.3 is 5.97 Å². The zero-order chi connectivity index (χ0) is 17.0. The average molecular weight is 322 g/mol. The highest BCUT2D eigenvalue weighted by molar-refractivity contribution is 6.13. The zero-order valence-corrected chi connectivity index (χ0v) is 13.3. The van der Waals surface area contributed by atoms with Crippen LogP contribution in [0.1, 0.15) is 27.0 Å². The summed E-state index contributed by atoms with van der Waals surface area (Å²) in [7, 11) is 0. The number of aromatic hydroxyl groups is 1. The lowest BCUT2D eigenvalue weighted by Crippen LogP contribution is -2.00. The first kappa shape index (κ1) is 14.7. The normalized spacial score (nSPS) is 13.2. The highest BCUT2D eigenvalue weighted by Gasteiger charge is 2.31. The topological polar surface area (TPSA) is 46.5 Å². The van der Waals surface area contributed by atoms with E-state index < -0.39 is 5.97 Å². The molecule has 0 radical (unpaired) electrons. The van der Waals surface area contributed by atoms with Crippen molar-refractivity contribution in [1.82, 2.24) is 0 Å². The van der Waals surface area contributed by atoms with Gasteiger partial charge < -0.3 is 9.84 Å². The monoisotopic (exact) mass is 322 g/mol. The summed E-state index contributed by atoms with van der Waals surface area (Å²) in [5.41, 5.74) is 4.37. The molecule has 1 N–H and O–H groups in total. The van der Waals surface area contributed by atoms with Crippen LogP contribution in [0.25, 0.3) is 21.9 Å². The van der Waals surface area contributed by atoms with Crippen LogP contribution >= 0.6 is 0 Å². The molecular formula is C20H15FO3. The molecule has 3 aromatic carbocycles. The molecule has 0 spiro atoms. The molecule has 3 aromatic rings. The number of esters is 1. The molecule has 0 aromatic heterocycles. The lowest BCUT2D eigenvalue weighted by molar-refractivity contribution is 0.0535.